The van der Waals surface area contributed by atoms with Crippen LogP contribution in [-0.2, 0) is 9.53 Å². The summed E-state index contributed by atoms with van der Waals surface area (Å²) in [6, 6.07) is 3.60. The Balaban J connectivity index is 2.49. The van der Waals surface area contributed by atoms with Gasteiger partial charge in [0.15, 0.2) is 5.82 Å². The van der Waals surface area contributed by atoms with Crippen molar-refractivity contribution in [1.82, 2.24) is 10.2 Å². The lowest BCUT2D eigenvalue weighted by molar-refractivity contribution is -0.153. The highest BCUT2D eigenvalue weighted by Crippen LogP contribution is 2.08. The van der Waals surface area contributed by atoms with E-state index in [1.54, 1.807) is 13.0 Å². The summed E-state index contributed by atoms with van der Waals surface area (Å²) in [6.45, 7) is 9.10. The van der Waals surface area contributed by atoms with Gasteiger partial charge in [-0.25, -0.2) is 0 Å². The summed E-state index contributed by atoms with van der Waals surface area (Å²) >= 11 is 0. The Hall–Kier alpha value is -1.98. The molecule has 0 aliphatic heterocycles. The van der Waals surface area contributed by atoms with Crippen molar-refractivity contribution in [3.63, 3.8) is 0 Å². The van der Waals surface area contributed by atoms with Crippen LogP contribution in [0, 0.1) is 6.92 Å². The van der Waals surface area contributed by atoms with Gasteiger partial charge >= 0.3 is 5.97 Å². The van der Waals surface area contributed by atoms with Gasteiger partial charge < -0.3 is 4.74 Å². The first kappa shape index (κ1) is 15.1. The third-order valence-corrected chi connectivity index (χ3v) is 1.98. The molecular formula is C13H20N4O2. The van der Waals surface area contributed by atoms with E-state index in [1.807, 2.05) is 33.8 Å². The number of ether oxygens (including phenoxy) is 1. The predicted octanol–water partition coefficient (Wildman–Crippen LogP) is 2.30. The third kappa shape index (κ3) is 6.49. The van der Waals surface area contributed by atoms with Gasteiger partial charge in [0.05, 0.1) is 12.1 Å². The second-order valence-electron chi connectivity index (χ2n) is 5.28. The number of carbonyl (C=O) groups is 1. The first-order valence-electron chi connectivity index (χ1n) is 6.07. The molecular weight excluding hydrogens is 244 g/mol. The molecule has 0 fully saturated rings. The van der Waals surface area contributed by atoms with E-state index < -0.39 is 5.60 Å². The fourth-order valence-electron chi connectivity index (χ4n) is 1.24. The number of nitrogens with zero attached hydrogens (tertiary/aromatic N) is 3. The Morgan fingerprint density at radius 1 is 1.37 bits per heavy atom. The molecule has 1 N–H and O–H groups in total. The molecule has 6 heteroatoms. The van der Waals surface area contributed by atoms with Gasteiger partial charge in [-0.15, -0.1) is 5.10 Å². The molecule has 0 bridgehead atoms. The maximum Gasteiger partial charge on any atom is 0.312 e. The average molecular weight is 264 g/mol. The summed E-state index contributed by atoms with van der Waals surface area (Å²) in [5, 5.41) is 11.9. The third-order valence-electron chi connectivity index (χ3n) is 1.98. The van der Waals surface area contributed by atoms with Crippen LogP contribution in [0.3, 0.4) is 0 Å². The molecule has 0 atom stereocenters. The van der Waals surface area contributed by atoms with Crippen LogP contribution >= 0.6 is 0 Å². The molecule has 6 nitrogen and oxygen atoms in total. The number of anilines is 1. The maximum absolute atomic E-state index is 11.6. The van der Waals surface area contributed by atoms with Crippen LogP contribution < -0.4 is 5.43 Å². The van der Waals surface area contributed by atoms with Gasteiger partial charge in [0.1, 0.15) is 5.60 Å². The van der Waals surface area contributed by atoms with Gasteiger partial charge in [0.2, 0.25) is 0 Å². The first-order valence-corrected chi connectivity index (χ1v) is 6.07. The fraction of sp³-hybridized carbons (Fsp3) is 0.538. The lowest BCUT2D eigenvalue weighted by Crippen LogP contribution is -2.25. The van der Waals surface area contributed by atoms with Crippen molar-refractivity contribution in [2.24, 2.45) is 5.10 Å². The number of hydrazone groups is 1. The van der Waals surface area contributed by atoms with E-state index in [9.17, 15) is 4.79 Å². The first-order chi connectivity index (χ1) is 8.76. The lowest BCUT2D eigenvalue weighted by Gasteiger charge is -2.19. The number of aromatic nitrogens is 2. The Labute approximate surface area is 113 Å². The Morgan fingerprint density at radius 2 is 2.05 bits per heavy atom. The predicted molar refractivity (Wildman–Crippen MR) is 74.0 cm³/mol. The molecule has 1 heterocycles. The number of nitrogens with one attached hydrogen (secondary N) is 1. The van der Waals surface area contributed by atoms with Crippen LogP contribution in [0.4, 0.5) is 5.82 Å². The monoisotopic (exact) mass is 264 g/mol. The van der Waals surface area contributed by atoms with Crippen LogP contribution in [0.2, 0.25) is 0 Å². The largest absolute Gasteiger partial charge is 0.460 e. The van der Waals surface area contributed by atoms with Crippen LogP contribution in [0.1, 0.15) is 39.8 Å². The van der Waals surface area contributed by atoms with E-state index in [0.717, 1.165) is 5.69 Å². The lowest BCUT2D eigenvalue weighted by atomic mass is 10.2. The summed E-state index contributed by atoms with van der Waals surface area (Å²) in [5.41, 5.74) is 3.72. The molecule has 1 aromatic rings. The summed E-state index contributed by atoms with van der Waals surface area (Å²) in [5.74, 6) is 0.236. The number of carbonyl (C=O) groups excluding carboxylic acids is 1. The molecule has 0 aliphatic carbocycles. The Kier molecular flexibility index (Phi) is 4.97. The molecule has 0 unspecified atom stereocenters. The molecule has 104 valence electrons. The van der Waals surface area contributed by atoms with Crippen molar-refractivity contribution >= 4 is 17.5 Å². The van der Waals surface area contributed by atoms with Gasteiger partial charge in [-0.1, -0.05) is 0 Å². The molecule has 0 saturated heterocycles. The quantitative estimate of drug-likeness (QED) is 0.513. The zero-order valence-corrected chi connectivity index (χ0v) is 12.0. The van der Waals surface area contributed by atoms with E-state index in [1.165, 1.54) is 0 Å². The van der Waals surface area contributed by atoms with Gasteiger partial charge in [0, 0.05) is 5.71 Å². The zero-order chi connectivity index (χ0) is 14.5. The van der Waals surface area contributed by atoms with Gasteiger partial charge in [0.25, 0.3) is 0 Å². The number of aryl methyl sites for hydroxylation is 1. The summed E-state index contributed by atoms with van der Waals surface area (Å²) in [6.07, 6.45) is 0.142. The summed E-state index contributed by atoms with van der Waals surface area (Å²) in [4.78, 5) is 11.6. The van der Waals surface area contributed by atoms with Crippen molar-refractivity contribution in [2.75, 3.05) is 5.43 Å². The molecule has 0 aromatic carbocycles. The van der Waals surface area contributed by atoms with Crippen molar-refractivity contribution in [3.05, 3.63) is 17.8 Å². The number of esters is 1. The van der Waals surface area contributed by atoms with Gasteiger partial charge in [-0.05, 0) is 46.8 Å². The van der Waals surface area contributed by atoms with Crippen molar-refractivity contribution in [2.45, 2.75) is 46.6 Å². The van der Waals surface area contributed by atoms with Crippen LogP contribution in [0.15, 0.2) is 17.2 Å². The smallest absolute Gasteiger partial charge is 0.312 e. The molecule has 0 amide bonds. The van der Waals surface area contributed by atoms with Crippen molar-refractivity contribution < 1.29 is 9.53 Å². The van der Waals surface area contributed by atoms with Crippen LogP contribution in [0.5, 0.6) is 0 Å². The molecule has 1 rings (SSSR count). The van der Waals surface area contributed by atoms with Crippen LogP contribution in [0.25, 0.3) is 0 Å². The number of rotatable bonds is 4. The highest BCUT2D eigenvalue weighted by molar-refractivity contribution is 5.97. The van der Waals surface area contributed by atoms with E-state index in [4.69, 9.17) is 4.74 Å². The molecule has 0 spiro atoms. The average Bonchev–Trinajstić information content (AvgIpc) is 2.25. The van der Waals surface area contributed by atoms with E-state index >= 15 is 0 Å². The normalized spacial score (nSPS) is 12.2. The Morgan fingerprint density at radius 3 is 2.58 bits per heavy atom. The maximum atomic E-state index is 11.6. The zero-order valence-electron chi connectivity index (χ0n) is 12.0. The second kappa shape index (κ2) is 6.26. The van der Waals surface area contributed by atoms with E-state index in [0.29, 0.717) is 11.5 Å². The minimum absolute atomic E-state index is 0.142. The Bertz CT molecular complexity index is 461. The summed E-state index contributed by atoms with van der Waals surface area (Å²) in [7, 11) is 0. The molecule has 0 radical (unpaired) electrons. The SMILES string of the molecule is C/C(CC(=O)OC(C)(C)C)=N\Nc1ccc(C)nn1. The second-order valence-corrected chi connectivity index (χ2v) is 5.28. The molecule has 1 aromatic heterocycles. The van der Waals surface area contributed by atoms with E-state index in [-0.39, 0.29) is 12.4 Å². The highest BCUT2D eigenvalue weighted by Gasteiger charge is 2.16. The highest BCUT2D eigenvalue weighted by atomic mass is 16.6. The topological polar surface area (TPSA) is 76.5 Å². The van der Waals surface area contributed by atoms with Gasteiger partial charge in [-0.3, -0.25) is 10.2 Å². The fourth-order valence-corrected chi connectivity index (χ4v) is 1.24. The minimum Gasteiger partial charge on any atom is -0.460 e. The van der Waals surface area contributed by atoms with Crippen molar-refractivity contribution in [3.8, 4) is 0 Å². The van der Waals surface area contributed by atoms with Gasteiger partial charge in [-0.2, -0.15) is 10.2 Å². The molecule has 0 saturated carbocycles. The van der Waals surface area contributed by atoms with Crippen molar-refractivity contribution in [1.29, 1.82) is 0 Å². The van der Waals surface area contributed by atoms with E-state index in [2.05, 4.69) is 20.7 Å². The number of hydrogen-bond donors (Lipinski definition) is 1. The number of hydrogen-bond acceptors (Lipinski definition) is 6. The standard InChI is InChI=1S/C13H20N4O2/c1-9-6-7-11(16-14-9)17-15-10(2)8-12(18)19-13(3,4)5/h6-7H,8H2,1-5H3,(H,16,17)/b15-10+. The molecule has 19 heavy (non-hydrogen) atoms. The molecule has 0 aliphatic rings. The minimum atomic E-state index is -0.479. The summed E-state index contributed by atoms with van der Waals surface area (Å²) < 4.78 is 5.20. The van der Waals surface area contributed by atoms with Crippen LogP contribution in [-0.4, -0.2) is 27.5 Å².